The second-order valence-corrected chi connectivity index (χ2v) is 8.49. The molecule has 3 rings (SSSR count). The first-order chi connectivity index (χ1) is 13.6. The van der Waals surface area contributed by atoms with E-state index >= 15 is 0 Å². The number of halogens is 1. The Bertz CT molecular complexity index is 1240. The average molecular weight is 420 g/mol. The van der Waals surface area contributed by atoms with Crippen LogP contribution >= 0.6 is 0 Å². The second kappa shape index (κ2) is 7.59. The fourth-order valence-corrected chi connectivity index (χ4v) is 3.55. The molecule has 0 saturated heterocycles. The lowest BCUT2D eigenvalue weighted by molar-refractivity contribution is -0.385. The summed E-state index contributed by atoms with van der Waals surface area (Å²) in [5.41, 5.74) is 0.608. The largest absolute Gasteiger partial charge is 0.352 e. The molecule has 0 aliphatic rings. The van der Waals surface area contributed by atoms with Gasteiger partial charge in [-0.3, -0.25) is 14.9 Å². The van der Waals surface area contributed by atoms with Gasteiger partial charge in [0.05, 0.1) is 20.9 Å². The predicted octanol–water partition coefficient (Wildman–Crippen LogP) is 2.00. The van der Waals surface area contributed by atoms with E-state index < -0.39 is 32.2 Å². The fraction of sp³-hybridized carbons (Fsp3) is 0.222. The Balaban J connectivity index is 1.77. The molecule has 0 radical (unpaired) electrons. The van der Waals surface area contributed by atoms with Crippen LogP contribution in [0.25, 0.3) is 11.0 Å². The molecule has 1 amide bonds. The summed E-state index contributed by atoms with van der Waals surface area (Å²) in [7, 11) is -1.96. The standard InChI is InChI=1S/C18H17FN4O5S/c1-22-16-4-3-12(19)9-15(16)21-17(22)5-6-20-18(24)11-7-13(23(25)26)10-14(8-11)29(2,27)28/h3-4,7-10H,5-6H2,1-2H3,(H,20,24). The van der Waals surface area contributed by atoms with E-state index in [1.807, 2.05) is 0 Å². The Hall–Kier alpha value is -3.34. The topological polar surface area (TPSA) is 124 Å². The lowest BCUT2D eigenvalue weighted by atomic mass is 10.2. The van der Waals surface area contributed by atoms with E-state index in [4.69, 9.17) is 0 Å². The first-order valence-corrected chi connectivity index (χ1v) is 10.3. The summed E-state index contributed by atoms with van der Waals surface area (Å²) in [6.45, 7) is 0.148. The Labute approximate surface area is 165 Å². The number of sulfone groups is 1. The van der Waals surface area contributed by atoms with Crippen molar-refractivity contribution in [2.45, 2.75) is 11.3 Å². The van der Waals surface area contributed by atoms with Gasteiger partial charge in [0.25, 0.3) is 11.6 Å². The van der Waals surface area contributed by atoms with E-state index in [1.54, 1.807) is 17.7 Å². The highest BCUT2D eigenvalue weighted by atomic mass is 32.2. The summed E-state index contributed by atoms with van der Waals surface area (Å²) in [6.07, 6.45) is 1.23. The molecular weight excluding hydrogens is 403 g/mol. The molecule has 2 aromatic carbocycles. The van der Waals surface area contributed by atoms with E-state index in [9.17, 15) is 27.7 Å². The summed E-state index contributed by atoms with van der Waals surface area (Å²) < 4.78 is 38.6. The number of non-ortho nitro benzene ring substituents is 1. The quantitative estimate of drug-likeness (QED) is 0.480. The molecule has 9 nitrogen and oxygen atoms in total. The van der Waals surface area contributed by atoms with Gasteiger partial charge in [0.15, 0.2) is 9.84 Å². The van der Waals surface area contributed by atoms with Crippen LogP contribution in [0, 0.1) is 15.9 Å². The van der Waals surface area contributed by atoms with Crippen LogP contribution in [0.4, 0.5) is 10.1 Å². The van der Waals surface area contributed by atoms with E-state index in [0.29, 0.717) is 17.8 Å². The number of aromatic nitrogens is 2. The second-order valence-electron chi connectivity index (χ2n) is 6.47. The lowest BCUT2D eigenvalue weighted by Crippen LogP contribution is -2.26. The molecule has 0 aliphatic heterocycles. The normalized spacial score (nSPS) is 11.6. The third-order valence-electron chi connectivity index (χ3n) is 4.36. The van der Waals surface area contributed by atoms with Crippen LogP contribution in [-0.2, 0) is 23.3 Å². The van der Waals surface area contributed by atoms with Crippen molar-refractivity contribution in [3.05, 3.63) is 63.7 Å². The van der Waals surface area contributed by atoms with Crippen molar-refractivity contribution in [1.82, 2.24) is 14.9 Å². The number of nitrogens with one attached hydrogen (secondary N) is 1. The van der Waals surface area contributed by atoms with E-state index in [2.05, 4.69) is 10.3 Å². The minimum atomic E-state index is -3.73. The first-order valence-electron chi connectivity index (χ1n) is 8.45. The number of nitro benzene ring substituents is 1. The van der Waals surface area contributed by atoms with Crippen molar-refractivity contribution in [2.75, 3.05) is 12.8 Å². The Morgan fingerprint density at radius 2 is 2.00 bits per heavy atom. The molecule has 3 aromatic rings. The number of nitro groups is 1. The van der Waals surface area contributed by atoms with Crippen molar-refractivity contribution in [1.29, 1.82) is 0 Å². The molecule has 0 fully saturated rings. The zero-order valence-electron chi connectivity index (χ0n) is 15.5. The van der Waals surface area contributed by atoms with Gasteiger partial charge in [0.2, 0.25) is 0 Å². The Morgan fingerprint density at radius 1 is 1.28 bits per heavy atom. The monoisotopic (exact) mass is 420 g/mol. The zero-order chi connectivity index (χ0) is 21.3. The lowest BCUT2D eigenvalue weighted by Gasteiger charge is -2.07. The van der Waals surface area contributed by atoms with Crippen molar-refractivity contribution in [2.24, 2.45) is 7.05 Å². The molecule has 0 spiro atoms. The number of amides is 1. The van der Waals surface area contributed by atoms with Crippen LogP contribution in [0.15, 0.2) is 41.3 Å². The minimum absolute atomic E-state index is 0.133. The van der Waals surface area contributed by atoms with Gasteiger partial charge >= 0.3 is 0 Å². The molecule has 1 N–H and O–H groups in total. The van der Waals surface area contributed by atoms with Crippen molar-refractivity contribution < 1.29 is 22.5 Å². The van der Waals surface area contributed by atoms with Crippen molar-refractivity contribution in [3.8, 4) is 0 Å². The molecule has 29 heavy (non-hydrogen) atoms. The number of benzene rings is 2. The fourth-order valence-electron chi connectivity index (χ4n) is 2.87. The maximum atomic E-state index is 13.3. The summed E-state index contributed by atoms with van der Waals surface area (Å²) in [5.74, 6) is -0.437. The van der Waals surface area contributed by atoms with Gasteiger partial charge in [-0.2, -0.15) is 0 Å². The Morgan fingerprint density at radius 3 is 2.66 bits per heavy atom. The molecule has 0 atom stereocenters. The molecule has 0 unspecified atom stereocenters. The first kappa shape index (κ1) is 20.4. The number of carbonyl (C=O) groups is 1. The number of hydrogen-bond acceptors (Lipinski definition) is 6. The van der Waals surface area contributed by atoms with Crippen molar-refractivity contribution in [3.63, 3.8) is 0 Å². The molecule has 152 valence electrons. The van der Waals surface area contributed by atoms with Gasteiger partial charge < -0.3 is 9.88 Å². The number of nitrogens with zero attached hydrogens (tertiary/aromatic N) is 3. The van der Waals surface area contributed by atoms with Crippen LogP contribution in [-0.4, -0.2) is 41.6 Å². The van der Waals surface area contributed by atoms with Gasteiger partial charge in [-0.15, -0.1) is 0 Å². The Kier molecular flexibility index (Phi) is 5.33. The molecule has 11 heteroatoms. The van der Waals surface area contributed by atoms with Gasteiger partial charge in [0.1, 0.15) is 11.6 Å². The molecule has 1 aromatic heterocycles. The average Bonchev–Trinajstić information content (AvgIpc) is 2.95. The highest BCUT2D eigenvalue weighted by molar-refractivity contribution is 7.90. The van der Waals surface area contributed by atoms with E-state index in [0.717, 1.165) is 30.0 Å². The highest BCUT2D eigenvalue weighted by Gasteiger charge is 2.19. The maximum Gasteiger partial charge on any atom is 0.271 e. The molecular formula is C18H17FN4O5S. The van der Waals surface area contributed by atoms with Gasteiger partial charge in [-0.05, 0) is 18.2 Å². The predicted molar refractivity (Wildman–Crippen MR) is 103 cm³/mol. The highest BCUT2D eigenvalue weighted by Crippen LogP contribution is 2.21. The molecule has 0 saturated carbocycles. The molecule has 0 bridgehead atoms. The van der Waals surface area contributed by atoms with Gasteiger partial charge in [0, 0.05) is 50.0 Å². The third kappa shape index (κ3) is 4.40. The van der Waals surface area contributed by atoms with Crippen LogP contribution in [0.2, 0.25) is 0 Å². The van der Waals surface area contributed by atoms with E-state index in [-0.39, 0.29) is 17.0 Å². The number of aryl methyl sites for hydroxylation is 1. The SMILES string of the molecule is Cn1c(CCNC(=O)c2cc([N+](=O)[O-])cc(S(C)(=O)=O)c2)nc2cc(F)ccc21. The summed E-state index contributed by atoms with van der Waals surface area (Å²) >= 11 is 0. The summed E-state index contributed by atoms with van der Waals surface area (Å²) in [6, 6.07) is 7.27. The summed E-state index contributed by atoms with van der Waals surface area (Å²) in [4.78, 5) is 26.7. The van der Waals surface area contributed by atoms with Gasteiger partial charge in [-0.25, -0.2) is 17.8 Å². The third-order valence-corrected chi connectivity index (χ3v) is 5.45. The van der Waals surface area contributed by atoms with E-state index in [1.165, 1.54) is 12.1 Å². The number of rotatable bonds is 6. The summed E-state index contributed by atoms with van der Waals surface area (Å²) in [5, 5.41) is 13.6. The number of carbonyl (C=O) groups excluding carboxylic acids is 1. The van der Waals surface area contributed by atoms with Crippen LogP contribution in [0.5, 0.6) is 0 Å². The zero-order valence-corrected chi connectivity index (χ0v) is 16.4. The maximum absolute atomic E-state index is 13.3. The van der Waals surface area contributed by atoms with Crippen LogP contribution in [0.3, 0.4) is 0 Å². The smallest absolute Gasteiger partial charge is 0.271 e. The molecule has 1 heterocycles. The van der Waals surface area contributed by atoms with Crippen LogP contribution in [0.1, 0.15) is 16.2 Å². The number of imidazole rings is 1. The molecule has 0 aliphatic carbocycles. The van der Waals surface area contributed by atoms with Crippen LogP contribution < -0.4 is 5.32 Å². The minimum Gasteiger partial charge on any atom is -0.352 e. The number of hydrogen-bond donors (Lipinski definition) is 1. The van der Waals surface area contributed by atoms with Gasteiger partial charge in [-0.1, -0.05) is 0 Å². The van der Waals surface area contributed by atoms with Crippen molar-refractivity contribution >= 4 is 32.5 Å². The number of fused-ring (bicyclic) bond motifs is 1.